The van der Waals surface area contributed by atoms with Gasteiger partial charge in [0.05, 0.1) is 12.3 Å². The van der Waals surface area contributed by atoms with E-state index in [-0.39, 0.29) is 5.69 Å². The monoisotopic (exact) mass is 251 g/mol. The summed E-state index contributed by atoms with van der Waals surface area (Å²) in [7, 11) is 1.60. The average molecular weight is 251 g/mol. The molecule has 18 heavy (non-hydrogen) atoms. The number of hydrogen-bond acceptors (Lipinski definition) is 6. The van der Waals surface area contributed by atoms with Crippen LogP contribution in [0.5, 0.6) is 5.75 Å². The Morgan fingerprint density at radius 3 is 2.72 bits per heavy atom. The number of anilines is 1. The molecule has 0 aliphatic carbocycles. The summed E-state index contributed by atoms with van der Waals surface area (Å²) in [4.78, 5) is 10.7. The highest BCUT2D eigenvalue weighted by molar-refractivity contribution is 5.80. The number of nitroso groups, excluding NO2 is 1. The Balaban J connectivity index is 2.76. The van der Waals surface area contributed by atoms with Crippen molar-refractivity contribution in [3.8, 4) is 5.75 Å². The van der Waals surface area contributed by atoms with E-state index in [1.807, 2.05) is 13.8 Å². The summed E-state index contributed by atoms with van der Waals surface area (Å²) in [6.07, 6.45) is 0. The van der Waals surface area contributed by atoms with Crippen LogP contribution < -0.4 is 10.2 Å². The molecule has 0 saturated heterocycles. The highest BCUT2D eigenvalue weighted by atomic mass is 16.5. The standard InChI is InChI=1S/C12H17N3O3/c1-9(2)13-14-11-5-4-10(8-12(11)15-16)18-7-6-17-3/h4-5,8,14H,6-7H2,1-3H3. The van der Waals surface area contributed by atoms with Gasteiger partial charge in [0.15, 0.2) is 0 Å². The number of nitrogens with zero attached hydrogens (tertiary/aromatic N) is 2. The fraction of sp³-hybridized carbons (Fsp3) is 0.417. The van der Waals surface area contributed by atoms with Crippen molar-refractivity contribution in [1.29, 1.82) is 0 Å². The second kappa shape index (κ2) is 7.39. The minimum Gasteiger partial charge on any atom is -0.491 e. The first-order valence-electron chi connectivity index (χ1n) is 5.53. The lowest BCUT2D eigenvalue weighted by Crippen LogP contribution is -2.04. The predicted octanol–water partition coefficient (Wildman–Crippen LogP) is 2.92. The van der Waals surface area contributed by atoms with Gasteiger partial charge in [0.25, 0.3) is 0 Å². The molecule has 1 aromatic carbocycles. The van der Waals surface area contributed by atoms with Crippen molar-refractivity contribution in [2.24, 2.45) is 10.3 Å². The van der Waals surface area contributed by atoms with E-state index in [1.165, 1.54) is 0 Å². The van der Waals surface area contributed by atoms with E-state index < -0.39 is 0 Å². The molecule has 6 nitrogen and oxygen atoms in total. The van der Waals surface area contributed by atoms with Crippen molar-refractivity contribution in [3.63, 3.8) is 0 Å². The van der Waals surface area contributed by atoms with Crippen LogP contribution in [0.1, 0.15) is 13.8 Å². The van der Waals surface area contributed by atoms with Crippen molar-refractivity contribution in [1.82, 2.24) is 0 Å². The number of rotatable bonds is 7. The predicted molar refractivity (Wildman–Crippen MR) is 71.7 cm³/mol. The van der Waals surface area contributed by atoms with Gasteiger partial charge in [-0.2, -0.15) is 5.10 Å². The molecule has 0 spiro atoms. The summed E-state index contributed by atoms with van der Waals surface area (Å²) in [6.45, 7) is 4.61. The average Bonchev–Trinajstić information content (AvgIpc) is 2.37. The van der Waals surface area contributed by atoms with Crippen LogP contribution in [0.25, 0.3) is 0 Å². The van der Waals surface area contributed by atoms with Gasteiger partial charge in [0, 0.05) is 18.9 Å². The Morgan fingerprint density at radius 1 is 1.33 bits per heavy atom. The number of hydrogen-bond donors (Lipinski definition) is 1. The molecule has 0 amide bonds. The zero-order valence-corrected chi connectivity index (χ0v) is 10.8. The Labute approximate surface area is 106 Å². The van der Waals surface area contributed by atoms with Gasteiger partial charge in [-0.1, -0.05) is 0 Å². The zero-order chi connectivity index (χ0) is 13.4. The summed E-state index contributed by atoms with van der Waals surface area (Å²) in [5, 5.41) is 6.96. The molecule has 0 radical (unpaired) electrons. The molecule has 0 fully saturated rings. The second-order valence-corrected chi connectivity index (χ2v) is 3.78. The van der Waals surface area contributed by atoms with E-state index in [0.29, 0.717) is 24.7 Å². The van der Waals surface area contributed by atoms with Crippen LogP contribution in [0.15, 0.2) is 28.5 Å². The molecule has 0 aliphatic rings. The topological polar surface area (TPSA) is 72.3 Å². The smallest absolute Gasteiger partial charge is 0.136 e. The largest absolute Gasteiger partial charge is 0.491 e. The van der Waals surface area contributed by atoms with E-state index in [2.05, 4.69) is 15.7 Å². The highest BCUT2D eigenvalue weighted by Crippen LogP contribution is 2.29. The van der Waals surface area contributed by atoms with Gasteiger partial charge >= 0.3 is 0 Å². The number of hydrazone groups is 1. The maximum absolute atomic E-state index is 10.7. The Kier molecular flexibility index (Phi) is 5.79. The third kappa shape index (κ3) is 4.50. The SMILES string of the molecule is COCCOc1ccc(NN=C(C)C)c(N=O)c1. The van der Waals surface area contributed by atoms with Gasteiger partial charge in [-0.25, -0.2) is 0 Å². The van der Waals surface area contributed by atoms with Crippen LogP contribution in [0.4, 0.5) is 11.4 Å². The molecule has 0 atom stereocenters. The molecule has 1 aromatic rings. The summed E-state index contributed by atoms with van der Waals surface area (Å²) in [6, 6.07) is 5.00. The van der Waals surface area contributed by atoms with Gasteiger partial charge in [0.2, 0.25) is 0 Å². The fourth-order valence-corrected chi connectivity index (χ4v) is 1.19. The summed E-state index contributed by atoms with van der Waals surface area (Å²) >= 11 is 0. The summed E-state index contributed by atoms with van der Waals surface area (Å²) in [5.74, 6) is 0.574. The van der Waals surface area contributed by atoms with Gasteiger partial charge in [-0.3, -0.25) is 5.43 Å². The van der Waals surface area contributed by atoms with Crippen molar-refractivity contribution >= 4 is 17.1 Å². The molecular formula is C12H17N3O3. The first-order valence-corrected chi connectivity index (χ1v) is 5.53. The van der Waals surface area contributed by atoms with Gasteiger partial charge in [-0.05, 0) is 31.2 Å². The van der Waals surface area contributed by atoms with Crippen LogP contribution in [-0.2, 0) is 4.74 Å². The minimum absolute atomic E-state index is 0.259. The van der Waals surface area contributed by atoms with Crippen molar-refractivity contribution in [2.75, 3.05) is 25.7 Å². The first-order chi connectivity index (χ1) is 8.67. The zero-order valence-electron chi connectivity index (χ0n) is 10.8. The normalized spacial score (nSPS) is 9.72. The summed E-state index contributed by atoms with van der Waals surface area (Å²) in [5.41, 5.74) is 4.43. The third-order valence-corrected chi connectivity index (χ3v) is 2.02. The van der Waals surface area contributed by atoms with Crippen LogP contribution >= 0.6 is 0 Å². The Bertz CT molecular complexity index is 429. The van der Waals surface area contributed by atoms with E-state index in [4.69, 9.17) is 9.47 Å². The van der Waals surface area contributed by atoms with Crippen molar-refractivity contribution < 1.29 is 9.47 Å². The molecule has 6 heteroatoms. The molecule has 0 heterocycles. The lowest BCUT2D eigenvalue weighted by molar-refractivity contribution is 0.146. The minimum atomic E-state index is 0.259. The van der Waals surface area contributed by atoms with E-state index in [1.54, 1.807) is 25.3 Å². The molecule has 0 saturated carbocycles. The van der Waals surface area contributed by atoms with Crippen LogP contribution in [0.3, 0.4) is 0 Å². The van der Waals surface area contributed by atoms with Gasteiger partial charge in [0.1, 0.15) is 18.0 Å². The van der Waals surface area contributed by atoms with Crippen molar-refractivity contribution in [3.05, 3.63) is 23.1 Å². The highest BCUT2D eigenvalue weighted by Gasteiger charge is 2.04. The quantitative estimate of drug-likeness (QED) is 0.350. The maximum Gasteiger partial charge on any atom is 0.136 e. The molecule has 1 rings (SSSR count). The molecule has 98 valence electrons. The lowest BCUT2D eigenvalue weighted by atomic mass is 10.2. The van der Waals surface area contributed by atoms with Crippen LogP contribution in [0, 0.1) is 4.91 Å². The Hall–Kier alpha value is -1.95. The molecule has 0 aromatic heterocycles. The second-order valence-electron chi connectivity index (χ2n) is 3.78. The number of ether oxygens (including phenoxy) is 2. The van der Waals surface area contributed by atoms with Crippen LogP contribution in [0.2, 0.25) is 0 Å². The number of methoxy groups -OCH3 is 1. The third-order valence-electron chi connectivity index (χ3n) is 2.02. The van der Waals surface area contributed by atoms with Gasteiger partial charge in [-0.15, -0.1) is 4.91 Å². The number of benzene rings is 1. The number of nitrogens with one attached hydrogen (secondary N) is 1. The fourth-order valence-electron chi connectivity index (χ4n) is 1.19. The molecule has 1 N–H and O–H groups in total. The first kappa shape index (κ1) is 14.1. The maximum atomic E-state index is 10.7. The Morgan fingerprint density at radius 2 is 2.11 bits per heavy atom. The van der Waals surface area contributed by atoms with Crippen LogP contribution in [-0.4, -0.2) is 26.0 Å². The molecule has 0 unspecified atom stereocenters. The molecular weight excluding hydrogens is 234 g/mol. The molecule has 0 bridgehead atoms. The molecule has 0 aliphatic heterocycles. The van der Waals surface area contributed by atoms with E-state index in [0.717, 1.165) is 5.71 Å². The summed E-state index contributed by atoms with van der Waals surface area (Å²) < 4.78 is 10.3. The van der Waals surface area contributed by atoms with Gasteiger partial charge < -0.3 is 9.47 Å². The van der Waals surface area contributed by atoms with Crippen molar-refractivity contribution in [2.45, 2.75) is 13.8 Å². The van der Waals surface area contributed by atoms with E-state index >= 15 is 0 Å². The lowest BCUT2D eigenvalue weighted by Gasteiger charge is -2.08. The van der Waals surface area contributed by atoms with E-state index in [9.17, 15) is 4.91 Å².